The maximum absolute atomic E-state index is 12.4. The van der Waals surface area contributed by atoms with Crippen LogP contribution in [0.3, 0.4) is 0 Å². The summed E-state index contributed by atoms with van der Waals surface area (Å²) >= 11 is 1.67. The van der Waals surface area contributed by atoms with Gasteiger partial charge in [0.2, 0.25) is 0 Å². The number of benzene rings is 1. The third-order valence-electron chi connectivity index (χ3n) is 3.94. The lowest BCUT2D eigenvalue weighted by molar-refractivity contribution is 0.0950. The van der Waals surface area contributed by atoms with Crippen molar-refractivity contribution < 1.29 is 4.79 Å². The maximum atomic E-state index is 12.4. The Morgan fingerprint density at radius 3 is 2.62 bits per heavy atom. The molecule has 5 heteroatoms. The smallest absolute Gasteiger partial charge is 0.251 e. The fourth-order valence-electron chi connectivity index (χ4n) is 2.95. The fraction of sp³-hybridized carbons (Fsp3) is 0.263. The molecule has 3 rings (SSSR count). The topological polar surface area (TPSA) is 46.9 Å². The van der Waals surface area contributed by atoms with Gasteiger partial charge in [0, 0.05) is 18.3 Å². The lowest BCUT2D eigenvalue weighted by Gasteiger charge is -2.11. The number of aromatic nitrogens is 2. The van der Waals surface area contributed by atoms with Crippen LogP contribution < -0.4 is 5.32 Å². The molecule has 0 unspecified atom stereocenters. The monoisotopic (exact) mass is 339 g/mol. The van der Waals surface area contributed by atoms with Crippen molar-refractivity contribution in [1.82, 2.24) is 15.1 Å². The van der Waals surface area contributed by atoms with Crippen molar-refractivity contribution >= 4 is 17.2 Å². The second-order valence-electron chi connectivity index (χ2n) is 5.97. The number of amides is 1. The van der Waals surface area contributed by atoms with Gasteiger partial charge in [-0.2, -0.15) is 5.10 Å². The highest BCUT2D eigenvalue weighted by molar-refractivity contribution is 7.13. The van der Waals surface area contributed by atoms with E-state index in [0.29, 0.717) is 13.1 Å². The van der Waals surface area contributed by atoms with Gasteiger partial charge in [0.15, 0.2) is 0 Å². The summed E-state index contributed by atoms with van der Waals surface area (Å²) in [7, 11) is 0. The summed E-state index contributed by atoms with van der Waals surface area (Å²) < 4.78 is 1.87. The van der Waals surface area contributed by atoms with Gasteiger partial charge in [-0.1, -0.05) is 23.8 Å². The van der Waals surface area contributed by atoms with Gasteiger partial charge in [0.1, 0.15) is 5.69 Å². The van der Waals surface area contributed by atoms with E-state index in [4.69, 9.17) is 0 Å². The zero-order chi connectivity index (χ0) is 17.1. The van der Waals surface area contributed by atoms with Crippen LogP contribution in [-0.2, 0) is 6.54 Å². The molecule has 4 nitrogen and oxygen atoms in total. The van der Waals surface area contributed by atoms with E-state index in [1.54, 1.807) is 11.3 Å². The lowest BCUT2D eigenvalue weighted by atomic mass is 9.99. The average Bonchev–Trinajstić information content (AvgIpc) is 3.17. The van der Waals surface area contributed by atoms with Crippen LogP contribution in [0.15, 0.2) is 41.9 Å². The van der Waals surface area contributed by atoms with Crippen LogP contribution in [0.1, 0.15) is 27.0 Å². The lowest BCUT2D eigenvalue weighted by Crippen LogP contribution is -2.28. The summed E-state index contributed by atoms with van der Waals surface area (Å²) in [6.45, 7) is 7.22. The summed E-state index contributed by atoms with van der Waals surface area (Å²) in [5.74, 6) is -0.0179. The Bertz CT molecular complexity index is 826. The Balaban J connectivity index is 1.60. The number of carbonyl (C=O) groups is 1. The minimum Gasteiger partial charge on any atom is -0.350 e. The molecule has 1 N–H and O–H groups in total. The van der Waals surface area contributed by atoms with E-state index in [-0.39, 0.29) is 5.91 Å². The highest BCUT2D eigenvalue weighted by Gasteiger charge is 2.12. The molecule has 0 aliphatic rings. The van der Waals surface area contributed by atoms with E-state index in [0.717, 1.165) is 27.3 Å². The van der Waals surface area contributed by atoms with Crippen LogP contribution in [0, 0.1) is 20.8 Å². The molecule has 0 aliphatic carbocycles. The summed E-state index contributed by atoms with van der Waals surface area (Å²) in [4.78, 5) is 13.6. The van der Waals surface area contributed by atoms with E-state index in [1.165, 1.54) is 5.56 Å². The van der Waals surface area contributed by atoms with Crippen molar-refractivity contribution in [3.63, 3.8) is 0 Å². The third kappa shape index (κ3) is 3.57. The minimum atomic E-state index is -0.0179. The summed E-state index contributed by atoms with van der Waals surface area (Å²) in [5, 5.41) is 9.58. The number of carbonyl (C=O) groups excluding carboxylic acids is 1. The van der Waals surface area contributed by atoms with Crippen molar-refractivity contribution in [2.75, 3.05) is 6.54 Å². The van der Waals surface area contributed by atoms with E-state index in [9.17, 15) is 4.79 Å². The number of nitrogens with zero attached hydrogens (tertiary/aromatic N) is 2. The molecule has 0 aliphatic heterocycles. The molecule has 0 bridgehead atoms. The van der Waals surface area contributed by atoms with E-state index in [2.05, 4.69) is 16.5 Å². The molecule has 0 saturated carbocycles. The van der Waals surface area contributed by atoms with Crippen LogP contribution in [0.25, 0.3) is 10.6 Å². The molecule has 1 aromatic carbocycles. The largest absolute Gasteiger partial charge is 0.350 e. The average molecular weight is 339 g/mol. The molecule has 24 heavy (non-hydrogen) atoms. The standard InChI is InChI=1S/C19H21N3OS/c1-13-11-14(2)18(15(3)12-13)19(23)20-7-9-22-8-6-16(21-22)17-5-4-10-24-17/h4-6,8,10-12H,7,9H2,1-3H3,(H,20,23). The third-order valence-corrected chi connectivity index (χ3v) is 4.84. The zero-order valence-electron chi connectivity index (χ0n) is 14.2. The molecular weight excluding hydrogens is 318 g/mol. The Morgan fingerprint density at radius 2 is 1.96 bits per heavy atom. The quantitative estimate of drug-likeness (QED) is 0.764. The predicted molar refractivity (Wildman–Crippen MR) is 98.5 cm³/mol. The van der Waals surface area contributed by atoms with E-state index < -0.39 is 0 Å². The maximum Gasteiger partial charge on any atom is 0.251 e. The van der Waals surface area contributed by atoms with Crippen molar-refractivity contribution in [2.45, 2.75) is 27.3 Å². The number of aryl methyl sites for hydroxylation is 3. The number of hydrogen-bond donors (Lipinski definition) is 1. The van der Waals surface area contributed by atoms with Crippen molar-refractivity contribution in [1.29, 1.82) is 0 Å². The number of nitrogens with one attached hydrogen (secondary N) is 1. The van der Waals surface area contributed by atoms with Crippen LogP contribution in [0.5, 0.6) is 0 Å². The summed E-state index contributed by atoms with van der Waals surface area (Å²) in [6, 6.07) is 10.2. The van der Waals surface area contributed by atoms with E-state index >= 15 is 0 Å². The molecule has 3 aromatic rings. The molecule has 2 aromatic heterocycles. The molecule has 0 atom stereocenters. The highest BCUT2D eigenvalue weighted by Crippen LogP contribution is 2.22. The van der Waals surface area contributed by atoms with Crippen LogP contribution in [0.4, 0.5) is 0 Å². The summed E-state index contributed by atoms with van der Waals surface area (Å²) in [6.07, 6.45) is 1.95. The van der Waals surface area contributed by atoms with Gasteiger partial charge >= 0.3 is 0 Å². The fourth-order valence-corrected chi connectivity index (χ4v) is 3.64. The Labute approximate surface area is 146 Å². The van der Waals surface area contributed by atoms with Gasteiger partial charge < -0.3 is 5.32 Å². The first-order valence-corrected chi connectivity index (χ1v) is 8.86. The molecule has 0 radical (unpaired) electrons. The predicted octanol–water partition coefficient (Wildman–Crippen LogP) is 3.97. The summed E-state index contributed by atoms with van der Waals surface area (Å²) in [5.41, 5.74) is 4.97. The molecule has 0 saturated heterocycles. The molecular formula is C19H21N3OS. The first-order chi connectivity index (χ1) is 11.5. The Kier molecular flexibility index (Phi) is 4.81. The van der Waals surface area contributed by atoms with Crippen molar-refractivity contribution in [2.24, 2.45) is 0 Å². The van der Waals surface area contributed by atoms with Crippen LogP contribution in [-0.4, -0.2) is 22.2 Å². The first-order valence-electron chi connectivity index (χ1n) is 7.98. The van der Waals surface area contributed by atoms with Gasteiger partial charge in [-0.15, -0.1) is 11.3 Å². The zero-order valence-corrected chi connectivity index (χ0v) is 15.0. The number of hydrogen-bond acceptors (Lipinski definition) is 3. The van der Waals surface area contributed by atoms with Crippen LogP contribution >= 0.6 is 11.3 Å². The number of thiophene rings is 1. The SMILES string of the molecule is Cc1cc(C)c(C(=O)NCCn2ccc(-c3cccs3)n2)c(C)c1. The van der Waals surface area contributed by atoms with Gasteiger partial charge in [-0.3, -0.25) is 9.48 Å². The first kappa shape index (κ1) is 16.5. The molecule has 124 valence electrons. The second-order valence-corrected chi connectivity index (χ2v) is 6.92. The van der Waals surface area contributed by atoms with Gasteiger partial charge in [0.05, 0.1) is 11.4 Å². The second kappa shape index (κ2) is 7.01. The highest BCUT2D eigenvalue weighted by atomic mass is 32.1. The van der Waals surface area contributed by atoms with Gasteiger partial charge in [-0.25, -0.2) is 0 Å². The van der Waals surface area contributed by atoms with E-state index in [1.807, 2.05) is 61.3 Å². The van der Waals surface area contributed by atoms with Crippen LogP contribution in [0.2, 0.25) is 0 Å². The molecule has 0 fully saturated rings. The van der Waals surface area contributed by atoms with Gasteiger partial charge in [0.25, 0.3) is 5.91 Å². The van der Waals surface area contributed by atoms with Crippen molar-refractivity contribution in [3.8, 4) is 10.6 Å². The Morgan fingerprint density at radius 1 is 1.21 bits per heavy atom. The number of rotatable bonds is 5. The molecule has 0 spiro atoms. The molecule has 1 amide bonds. The molecule has 2 heterocycles. The van der Waals surface area contributed by atoms with Crippen molar-refractivity contribution in [3.05, 3.63) is 64.2 Å². The Hall–Kier alpha value is -2.40. The van der Waals surface area contributed by atoms with Gasteiger partial charge in [-0.05, 0) is 49.4 Å². The minimum absolute atomic E-state index is 0.0179. The normalized spacial score (nSPS) is 10.8.